The molecule has 0 aliphatic heterocycles. The number of aliphatic hydroxyl groups excluding tert-OH is 1. The van der Waals surface area contributed by atoms with Crippen LogP contribution in [0.4, 0.5) is 20.4 Å². The zero-order valence-corrected chi connectivity index (χ0v) is 24.4. The van der Waals surface area contributed by atoms with Crippen molar-refractivity contribution < 1.29 is 23.4 Å². The molecule has 1 fully saturated rings. The summed E-state index contributed by atoms with van der Waals surface area (Å²) >= 11 is 0. The monoisotopic (exact) mass is 594 g/mol. The Morgan fingerprint density at radius 2 is 1.95 bits per heavy atom. The second kappa shape index (κ2) is 12.7. The molecule has 43 heavy (non-hydrogen) atoms. The van der Waals surface area contributed by atoms with E-state index in [9.17, 15) is 14.3 Å². The van der Waals surface area contributed by atoms with Crippen molar-refractivity contribution in [2.75, 3.05) is 12.4 Å². The van der Waals surface area contributed by atoms with Crippen molar-refractivity contribution in [3.8, 4) is 11.3 Å². The van der Waals surface area contributed by atoms with Gasteiger partial charge in [-0.3, -0.25) is 15.1 Å². The number of rotatable bonds is 9. The molecule has 11 nitrogen and oxygen atoms in total. The number of carbonyl (C=O) groups excluding carboxylic acids is 1. The largest absolute Gasteiger partial charge is 0.356 e. The minimum atomic E-state index is -1.10. The minimum Gasteiger partial charge on any atom is -0.356 e. The van der Waals surface area contributed by atoms with Gasteiger partial charge in [0.15, 0.2) is 0 Å². The number of fused-ring (bicyclic) bond motifs is 1. The molecule has 0 bridgehead atoms. The molecule has 0 radical (unpaired) electrons. The summed E-state index contributed by atoms with van der Waals surface area (Å²) in [6.45, 7) is 5.58. The van der Waals surface area contributed by atoms with Crippen molar-refractivity contribution >= 4 is 23.1 Å². The van der Waals surface area contributed by atoms with E-state index in [4.69, 9.17) is 10.5 Å². The van der Waals surface area contributed by atoms with Crippen molar-refractivity contribution in [1.29, 1.82) is 0 Å². The second-order valence-electron chi connectivity index (χ2n) is 11.2. The van der Waals surface area contributed by atoms with E-state index in [1.54, 1.807) is 38.5 Å². The van der Waals surface area contributed by atoms with Crippen LogP contribution in [0, 0.1) is 17.6 Å². The van der Waals surface area contributed by atoms with E-state index in [-0.39, 0.29) is 41.2 Å². The molecule has 1 aliphatic carbocycles. The van der Waals surface area contributed by atoms with Gasteiger partial charge in [-0.2, -0.15) is 9.61 Å². The number of carbonyl (C=O) groups is 1. The number of nitrogens with two attached hydrogens (primary N) is 1. The normalized spacial score (nSPS) is 21.2. The fourth-order valence-corrected chi connectivity index (χ4v) is 5.75. The standard InChI is InChI=1S/C30H36F2N8O3/c1-15(2)36-28(41)20-6-7-21(31)25(26(20)32)23-8-5-18-13-35-29(40(18)39-23)37-24-14-34-10-9-19(24)17-11-16(3)27(22(33)12-17)38-30(42)43-4/h5-10,13-17,22,27,30,38,42H,11-12,33H2,1-4H3,(H,35,37)(H,36,41). The lowest BCUT2D eigenvalue weighted by molar-refractivity contribution is -0.110. The van der Waals surface area contributed by atoms with Gasteiger partial charge in [-0.1, -0.05) is 6.92 Å². The predicted octanol–water partition coefficient (Wildman–Crippen LogP) is 3.67. The summed E-state index contributed by atoms with van der Waals surface area (Å²) in [6, 6.07) is 6.65. The SMILES string of the molecule is COC(O)NC1C(C)CC(c2ccncc2Nc2ncc3ccc(-c4c(F)ccc(C(=O)NC(C)C)c4F)nn23)CC1N. The van der Waals surface area contributed by atoms with Crippen molar-refractivity contribution in [3.05, 3.63) is 71.7 Å². The third-order valence-corrected chi connectivity index (χ3v) is 7.78. The zero-order chi connectivity index (χ0) is 30.8. The van der Waals surface area contributed by atoms with Gasteiger partial charge in [0.25, 0.3) is 5.91 Å². The van der Waals surface area contributed by atoms with Gasteiger partial charge < -0.3 is 26.2 Å². The number of nitrogens with one attached hydrogen (secondary N) is 3. The van der Waals surface area contributed by atoms with Crippen LogP contribution in [0.15, 0.2) is 48.9 Å². The minimum absolute atomic E-state index is 0.00183. The molecule has 6 N–H and O–H groups in total. The molecule has 5 unspecified atom stereocenters. The average Bonchev–Trinajstić information content (AvgIpc) is 3.36. The summed E-state index contributed by atoms with van der Waals surface area (Å²) < 4.78 is 36.9. The first kappa shape index (κ1) is 30.4. The molecule has 0 saturated heterocycles. The number of nitrogens with zero attached hydrogens (tertiary/aromatic N) is 4. The van der Waals surface area contributed by atoms with Crippen LogP contribution in [-0.2, 0) is 4.74 Å². The van der Waals surface area contributed by atoms with Gasteiger partial charge in [0, 0.05) is 31.4 Å². The van der Waals surface area contributed by atoms with Crippen molar-refractivity contribution in [2.24, 2.45) is 11.7 Å². The average molecular weight is 595 g/mol. The van der Waals surface area contributed by atoms with Gasteiger partial charge >= 0.3 is 0 Å². The number of hydrogen-bond acceptors (Lipinski definition) is 9. The number of pyridine rings is 1. The smallest absolute Gasteiger partial charge is 0.254 e. The molecule has 5 atom stereocenters. The predicted molar refractivity (Wildman–Crippen MR) is 158 cm³/mol. The summed E-state index contributed by atoms with van der Waals surface area (Å²) in [7, 11) is 1.42. The van der Waals surface area contributed by atoms with Crippen LogP contribution in [0.5, 0.6) is 0 Å². The van der Waals surface area contributed by atoms with Gasteiger partial charge in [0.1, 0.15) is 11.6 Å². The number of benzene rings is 1. The molecule has 228 valence electrons. The lowest BCUT2D eigenvalue weighted by Gasteiger charge is -2.40. The maximum absolute atomic E-state index is 15.5. The molecule has 1 aliphatic rings. The Morgan fingerprint density at radius 1 is 1.16 bits per heavy atom. The third-order valence-electron chi connectivity index (χ3n) is 7.78. The van der Waals surface area contributed by atoms with E-state index in [0.29, 0.717) is 23.6 Å². The van der Waals surface area contributed by atoms with Crippen molar-refractivity contribution in [3.63, 3.8) is 0 Å². The van der Waals surface area contributed by atoms with Gasteiger partial charge in [-0.05, 0) is 74.4 Å². The Hall–Kier alpha value is -4.04. The van der Waals surface area contributed by atoms with Gasteiger partial charge in [-0.15, -0.1) is 0 Å². The van der Waals surface area contributed by atoms with Crippen LogP contribution in [0.1, 0.15) is 55.5 Å². The molecule has 1 amide bonds. The van der Waals surface area contributed by atoms with E-state index in [0.717, 1.165) is 24.1 Å². The summed E-state index contributed by atoms with van der Waals surface area (Å²) in [5.74, 6) is -1.94. The summed E-state index contributed by atoms with van der Waals surface area (Å²) in [5, 5.41) is 23.4. The molecule has 3 heterocycles. The van der Waals surface area contributed by atoms with Crippen LogP contribution < -0.4 is 21.7 Å². The Balaban J connectivity index is 1.45. The molecular formula is C30H36F2N8O3. The summed E-state index contributed by atoms with van der Waals surface area (Å²) in [5.41, 5.74) is 8.11. The highest BCUT2D eigenvalue weighted by Gasteiger charge is 2.36. The fraction of sp³-hybridized carbons (Fsp3) is 0.400. The molecule has 5 rings (SSSR count). The fourth-order valence-electron chi connectivity index (χ4n) is 5.75. The molecule has 1 aromatic carbocycles. The number of hydrogen-bond donors (Lipinski definition) is 5. The Morgan fingerprint density at radius 3 is 2.67 bits per heavy atom. The number of anilines is 2. The van der Waals surface area contributed by atoms with Crippen LogP contribution in [-0.4, -0.2) is 62.2 Å². The maximum Gasteiger partial charge on any atom is 0.254 e. The van der Waals surface area contributed by atoms with Gasteiger partial charge in [0.2, 0.25) is 12.4 Å². The van der Waals surface area contributed by atoms with E-state index in [1.807, 2.05) is 6.07 Å². The number of amides is 1. The van der Waals surface area contributed by atoms with Gasteiger partial charge in [0.05, 0.1) is 40.4 Å². The molecule has 3 aromatic heterocycles. The van der Waals surface area contributed by atoms with Crippen LogP contribution in [0.3, 0.4) is 0 Å². The van der Waals surface area contributed by atoms with Crippen molar-refractivity contribution in [1.82, 2.24) is 30.2 Å². The topological polar surface area (TPSA) is 152 Å². The Kier molecular flexibility index (Phi) is 8.97. The first-order valence-electron chi connectivity index (χ1n) is 14.1. The lowest BCUT2D eigenvalue weighted by atomic mass is 9.73. The first-order chi connectivity index (χ1) is 20.6. The Bertz CT molecular complexity index is 1600. The molecule has 13 heteroatoms. The van der Waals surface area contributed by atoms with Crippen LogP contribution in [0.2, 0.25) is 0 Å². The molecule has 1 saturated carbocycles. The number of aromatic nitrogens is 4. The summed E-state index contributed by atoms with van der Waals surface area (Å²) in [6.07, 6.45) is 5.34. The highest BCUT2D eigenvalue weighted by molar-refractivity contribution is 5.96. The van der Waals surface area contributed by atoms with E-state index < -0.39 is 29.5 Å². The van der Waals surface area contributed by atoms with Crippen LogP contribution >= 0.6 is 0 Å². The summed E-state index contributed by atoms with van der Waals surface area (Å²) in [4.78, 5) is 21.3. The van der Waals surface area contributed by atoms with Crippen LogP contribution in [0.25, 0.3) is 16.8 Å². The van der Waals surface area contributed by atoms with E-state index in [1.165, 1.54) is 17.7 Å². The number of imidazole rings is 1. The van der Waals surface area contributed by atoms with E-state index >= 15 is 4.39 Å². The highest BCUT2D eigenvalue weighted by Crippen LogP contribution is 2.39. The molecule has 4 aromatic rings. The number of aliphatic hydroxyl groups is 1. The lowest BCUT2D eigenvalue weighted by Crippen LogP contribution is -2.56. The maximum atomic E-state index is 15.5. The number of ether oxygens (including phenoxy) is 1. The molecular weight excluding hydrogens is 558 g/mol. The quantitative estimate of drug-likeness (QED) is 0.183. The number of methoxy groups -OCH3 is 1. The van der Waals surface area contributed by atoms with Crippen molar-refractivity contribution in [2.45, 2.75) is 64.1 Å². The zero-order valence-electron chi connectivity index (χ0n) is 24.4. The third kappa shape index (κ3) is 6.34. The van der Waals surface area contributed by atoms with Gasteiger partial charge in [-0.25, -0.2) is 13.8 Å². The van der Waals surface area contributed by atoms with E-state index in [2.05, 4.69) is 37.9 Å². The highest BCUT2D eigenvalue weighted by atomic mass is 19.1. The first-order valence-corrected chi connectivity index (χ1v) is 14.1. The number of halogens is 2. The second-order valence-corrected chi connectivity index (χ2v) is 11.2. The molecule has 0 spiro atoms. The Labute approximate surface area is 247 Å².